The van der Waals surface area contributed by atoms with Crippen molar-refractivity contribution >= 4 is 50.7 Å². The van der Waals surface area contributed by atoms with Gasteiger partial charge in [-0.1, -0.05) is 77.3 Å². The smallest absolute Gasteiger partial charge is 0.244 e. The molecule has 10 heteroatoms. The van der Waals surface area contributed by atoms with Crippen LogP contribution in [0.3, 0.4) is 0 Å². The van der Waals surface area contributed by atoms with Gasteiger partial charge in [-0.15, -0.1) is 0 Å². The van der Waals surface area contributed by atoms with Crippen molar-refractivity contribution in [1.29, 1.82) is 0 Å². The predicted octanol–water partition coefficient (Wildman–Crippen LogP) is 4.84. The minimum absolute atomic E-state index is 0.0189. The van der Waals surface area contributed by atoms with Gasteiger partial charge in [0.15, 0.2) is 0 Å². The quantitative estimate of drug-likeness (QED) is 0.354. The number of carbonyl (C=O) groups excluding carboxylic acids is 2. The Morgan fingerprint density at radius 2 is 1.63 bits per heavy atom. The Morgan fingerprint density at radius 3 is 2.21 bits per heavy atom. The van der Waals surface area contributed by atoms with Crippen LogP contribution in [-0.2, 0) is 32.6 Å². The lowest BCUT2D eigenvalue weighted by Gasteiger charge is -2.33. The minimum atomic E-state index is -3.82. The van der Waals surface area contributed by atoms with Crippen LogP contribution in [0.4, 0.5) is 5.69 Å². The molecule has 0 aliphatic carbocycles. The molecular formula is C28H31Cl2N3O4S. The molecule has 3 rings (SSSR count). The standard InChI is InChI=1S/C28H31Cl2N3O4S/c1-4-31-28(35)26(16-21-8-6-5-7-9-21)32(18-22-12-13-23(29)17-25(22)30)27(34)19-33(38(3,36)37)24-14-10-20(2)11-15-24/h5-15,17,26H,4,16,18-19H2,1-3H3,(H,31,35)/t26-/m1/s1. The number of aryl methyl sites for hydroxylation is 1. The average molecular weight is 577 g/mol. The van der Waals surface area contributed by atoms with Gasteiger partial charge in [0.25, 0.3) is 0 Å². The monoisotopic (exact) mass is 575 g/mol. The second kappa shape index (κ2) is 13.1. The first-order valence-corrected chi connectivity index (χ1v) is 14.7. The molecule has 3 aromatic carbocycles. The van der Waals surface area contributed by atoms with Crippen molar-refractivity contribution in [3.05, 3.63) is 99.5 Å². The molecule has 0 unspecified atom stereocenters. The summed E-state index contributed by atoms with van der Waals surface area (Å²) in [6.07, 6.45) is 1.28. The molecule has 0 bridgehead atoms. The first kappa shape index (κ1) is 29.5. The lowest BCUT2D eigenvalue weighted by Crippen LogP contribution is -2.53. The maximum atomic E-state index is 13.9. The van der Waals surface area contributed by atoms with E-state index in [0.29, 0.717) is 27.8 Å². The van der Waals surface area contributed by atoms with Crippen LogP contribution in [0.2, 0.25) is 10.0 Å². The van der Waals surface area contributed by atoms with Crippen LogP contribution in [0, 0.1) is 6.92 Å². The van der Waals surface area contributed by atoms with E-state index in [2.05, 4.69) is 5.32 Å². The SMILES string of the molecule is CCNC(=O)[C@@H](Cc1ccccc1)N(Cc1ccc(Cl)cc1Cl)C(=O)CN(c1ccc(C)cc1)S(C)(=O)=O. The molecule has 1 atom stereocenters. The summed E-state index contributed by atoms with van der Waals surface area (Å²) in [5.41, 5.74) is 2.73. The number of likely N-dealkylation sites (N-methyl/N-ethyl adjacent to an activating group) is 1. The Hall–Kier alpha value is -3.07. The first-order chi connectivity index (χ1) is 18.0. The Labute approximate surface area is 234 Å². The average Bonchev–Trinajstić information content (AvgIpc) is 2.86. The van der Waals surface area contributed by atoms with Crippen molar-refractivity contribution in [2.24, 2.45) is 0 Å². The highest BCUT2D eigenvalue weighted by Crippen LogP contribution is 2.25. The van der Waals surface area contributed by atoms with Gasteiger partial charge in [-0.2, -0.15) is 0 Å². The molecule has 2 amide bonds. The highest BCUT2D eigenvalue weighted by molar-refractivity contribution is 7.92. The van der Waals surface area contributed by atoms with Crippen LogP contribution in [0.15, 0.2) is 72.8 Å². The Kier molecular flexibility index (Phi) is 10.2. The zero-order chi connectivity index (χ0) is 27.9. The Balaban J connectivity index is 2.06. The highest BCUT2D eigenvalue weighted by Gasteiger charge is 2.33. The number of nitrogens with one attached hydrogen (secondary N) is 1. The fourth-order valence-corrected chi connectivity index (χ4v) is 5.32. The fourth-order valence-electron chi connectivity index (χ4n) is 4.00. The topological polar surface area (TPSA) is 86.8 Å². The van der Waals surface area contributed by atoms with Crippen LogP contribution in [0.1, 0.15) is 23.6 Å². The van der Waals surface area contributed by atoms with Gasteiger partial charge in [0.1, 0.15) is 12.6 Å². The van der Waals surface area contributed by atoms with E-state index in [1.54, 1.807) is 49.4 Å². The van der Waals surface area contributed by atoms with Gasteiger partial charge in [0.05, 0.1) is 11.9 Å². The van der Waals surface area contributed by atoms with Crippen LogP contribution in [0.5, 0.6) is 0 Å². The first-order valence-electron chi connectivity index (χ1n) is 12.1. The normalized spacial score (nSPS) is 12.0. The molecule has 0 saturated carbocycles. The predicted molar refractivity (Wildman–Crippen MR) is 153 cm³/mol. The maximum absolute atomic E-state index is 13.9. The van der Waals surface area contributed by atoms with Gasteiger partial charge >= 0.3 is 0 Å². The molecule has 1 N–H and O–H groups in total. The van der Waals surface area contributed by atoms with Gasteiger partial charge in [-0.3, -0.25) is 13.9 Å². The number of sulfonamides is 1. The molecule has 0 aromatic heterocycles. The highest BCUT2D eigenvalue weighted by atomic mass is 35.5. The number of hydrogen-bond acceptors (Lipinski definition) is 4. The molecule has 0 aliphatic heterocycles. The van der Waals surface area contributed by atoms with E-state index in [1.165, 1.54) is 4.90 Å². The van der Waals surface area contributed by atoms with Gasteiger partial charge < -0.3 is 10.2 Å². The number of benzene rings is 3. The van der Waals surface area contributed by atoms with Gasteiger partial charge in [-0.05, 0) is 49.2 Å². The second-order valence-corrected chi connectivity index (χ2v) is 11.7. The van der Waals surface area contributed by atoms with E-state index in [0.717, 1.165) is 21.7 Å². The molecule has 0 radical (unpaired) electrons. The van der Waals surface area contributed by atoms with E-state index in [9.17, 15) is 18.0 Å². The summed E-state index contributed by atoms with van der Waals surface area (Å²) in [5.74, 6) is -0.898. The zero-order valence-electron chi connectivity index (χ0n) is 21.5. The third kappa shape index (κ3) is 7.96. The summed E-state index contributed by atoms with van der Waals surface area (Å²) in [6.45, 7) is 3.54. The summed E-state index contributed by atoms with van der Waals surface area (Å²) in [6, 6.07) is 20.2. The van der Waals surface area contributed by atoms with Crippen molar-refractivity contribution in [3.63, 3.8) is 0 Å². The van der Waals surface area contributed by atoms with Crippen LogP contribution in [-0.4, -0.2) is 50.5 Å². The van der Waals surface area contributed by atoms with Crippen LogP contribution < -0.4 is 9.62 Å². The lowest BCUT2D eigenvalue weighted by atomic mass is 10.0. The fraction of sp³-hybridized carbons (Fsp3) is 0.286. The third-order valence-electron chi connectivity index (χ3n) is 5.98. The minimum Gasteiger partial charge on any atom is -0.355 e. The largest absolute Gasteiger partial charge is 0.355 e. The molecule has 0 heterocycles. The van der Waals surface area contributed by atoms with E-state index in [-0.39, 0.29) is 18.9 Å². The molecule has 3 aromatic rings. The second-order valence-electron chi connectivity index (χ2n) is 8.96. The van der Waals surface area contributed by atoms with Crippen LogP contribution >= 0.6 is 23.2 Å². The summed E-state index contributed by atoms with van der Waals surface area (Å²) < 4.78 is 26.6. The molecule has 0 saturated heterocycles. The Bertz CT molecular complexity index is 1370. The van der Waals surface area contributed by atoms with E-state index in [1.807, 2.05) is 37.3 Å². The molecule has 202 valence electrons. The van der Waals surface area contributed by atoms with Crippen LogP contribution in [0.25, 0.3) is 0 Å². The van der Waals surface area contributed by atoms with Crippen molar-refractivity contribution in [1.82, 2.24) is 10.2 Å². The molecule has 7 nitrogen and oxygen atoms in total. The lowest BCUT2D eigenvalue weighted by molar-refractivity contribution is -0.140. The maximum Gasteiger partial charge on any atom is 0.244 e. The van der Waals surface area contributed by atoms with Crippen molar-refractivity contribution < 1.29 is 18.0 Å². The van der Waals surface area contributed by atoms with E-state index >= 15 is 0 Å². The molecule has 0 aliphatic rings. The molecular weight excluding hydrogens is 545 g/mol. The number of rotatable bonds is 11. The number of nitrogens with zero attached hydrogens (tertiary/aromatic N) is 2. The number of anilines is 1. The Morgan fingerprint density at radius 1 is 0.974 bits per heavy atom. The van der Waals surface area contributed by atoms with E-state index in [4.69, 9.17) is 23.2 Å². The number of amides is 2. The number of halogens is 2. The number of hydrogen-bond donors (Lipinski definition) is 1. The summed E-state index contributed by atoms with van der Waals surface area (Å²) in [7, 11) is -3.82. The van der Waals surface area contributed by atoms with Gasteiger partial charge in [0, 0.05) is 29.6 Å². The zero-order valence-corrected chi connectivity index (χ0v) is 23.9. The summed E-state index contributed by atoms with van der Waals surface area (Å²) in [4.78, 5) is 28.6. The van der Waals surface area contributed by atoms with Gasteiger partial charge in [0.2, 0.25) is 21.8 Å². The summed E-state index contributed by atoms with van der Waals surface area (Å²) >= 11 is 12.5. The molecule has 0 fully saturated rings. The molecule has 38 heavy (non-hydrogen) atoms. The van der Waals surface area contributed by atoms with Crippen molar-refractivity contribution in [2.45, 2.75) is 32.9 Å². The molecule has 0 spiro atoms. The summed E-state index contributed by atoms with van der Waals surface area (Å²) in [5, 5.41) is 3.58. The van der Waals surface area contributed by atoms with Crippen molar-refractivity contribution in [2.75, 3.05) is 23.7 Å². The van der Waals surface area contributed by atoms with Crippen molar-refractivity contribution in [3.8, 4) is 0 Å². The van der Waals surface area contributed by atoms with E-state index < -0.39 is 28.5 Å². The third-order valence-corrected chi connectivity index (χ3v) is 7.71. The number of carbonyl (C=O) groups is 2. The van der Waals surface area contributed by atoms with Gasteiger partial charge in [-0.25, -0.2) is 8.42 Å².